The second-order valence-corrected chi connectivity index (χ2v) is 6.66. The van der Waals surface area contributed by atoms with Gasteiger partial charge in [-0.05, 0) is 38.8 Å². The fourth-order valence-electron chi connectivity index (χ4n) is 2.35. The number of aromatic nitrogens is 3. The SMILES string of the molecule is C1CCOC1.Cc1ccc(C)n1-c1cc(C(C)(C)C)[nH]n1. The number of aryl methyl sites for hydroxylation is 2. The molecule has 21 heavy (non-hydrogen) atoms. The van der Waals surface area contributed by atoms with Crippen LogP contribution in [0.1, 0.15) is 50.7 Å². The average molecular weight is 289 g/mol. The van der Waals surface area contributed by atoms with E-state index in [-0.39, 0.29) is 5.41 Å². The molecule has 0 saturated carbocycles. The Kier molecular flexibility index (Phi) is 4.88. The van der Waals surface area contributed by atoms with Crippen LogP contribution in [0.15, 0.2) is 18.2 Å². The maximum atomic E-state index is 4.94. The molecule has 0 aromatic carbocycles. The summed E-state index contributed by atoms with van der Waals surface area (Å²) in [6, 6.07) is 6.35. The Balaban J connectivity index is 0.000000272. The van der Waals surface area contributed by atoms with Gasteiger partial charge in [0.05, 0.1) is 0 Å². The Hall–Kier alpha value is -1.55. The van der Waals surface area contributed by atoms with Crippen molar-refractivity contribution in [1.82, 2.24) is 14.8 Å². The summed E-state index contributed by atoms with van der Waals surface area (Å²) in [5, 5.41) is 7.50. The predicted molar refractivity (Wildman–Crippen MR) is 86.1 cm³/mol. The maximum Gasteiger partial charge on any atom is 0.159 e. The van der Waals surface area contributed by atoms with Gasteiger partial charge in [-0.25, -0.2) is 0 Å². The second-order valence-electron chi connectivity index (χ2n) is 6.66. The largest absolute Gasteiger partial charge is 0.381 e. The Morgan fingerprint density at radius 2 is 1.67 bits per heavy atom. The third-order valence-corrected chi connectivity index (χ3v) is 3.70. The summed E-state index contributed by atoms with van der Waals surface area (Å²) < 4.78 is 7.10. The van der Waals surface area contributed by atoms with Crippen LogP contribution in [-0.2, 0) is 10.2 Å². The Labute approximate surface area is 127 Å². The number of hydrogen-bond donors (Lipinski definition) is 1. The predicted octanol–water partition coefficient (Wildman–Crippen LogP) is 3.91. The van der Waals surface area contributed by atoms with Crippen molar-refractivity contribution in [2.75, 3.05) is 13.2 Å². The molecule has 1 N–H and O–H groups in total. The summed E-state index contributed by atoms with van der Waals surface area (Å²) in [6.45, 7) is 12.7. The fourth-order valence-corrected chi connectivity index (χ4v) is 2.35. The van der Waals surface area contributed by atoms with E-state index in [0.717, 1.165) is 24.7 Å². The van der Waals surface area contributed by atoms with E-state index >= 15 is 0 Å². The quantitative estimate of drug-likeness (QED) is 0.865. The van der Waals surface area contributed by atoms with Crippen LogP contribution in [-0.4, -0.2) is 28.0 Å². The number of aromatic amines is 1. The maximum absolute atomic E-state index is 4.94. The molecule has 1 saturated heterocycles. The highest BCUT2D eigenvalue weighted by atomic mass is 16.5. The standard InChI is InChI=1S/C13H19N3.C4H8O/c1-9-6-7-10(2)16(9)12-8-11(14-15-12)13(3,4)5;1-2-4-5-3-1/h6-8H,1-5H3,(H,14,15);1-4H2. The minimum absolute atomic E-state index is 0.111. The molecule has 1 aliphatic heterocycles. The van der Waals surface area contributed by atoms with Crippen LogP contribution in [0.4, 0.5) is 0 Å². The molecule has 116 valence electrons. The average Bonchev–Trinajstić information content (AvgIpc) is 3.11. The summed E-state index contributed by atoms with van der Waals surface area (Å²) in [4.78, 5) is 0. The third-order valence-electron chi connectivity index (χ3n) is 3.70. The van der Waals surface area contributed by atoms with Crippen LogP contribution in [0.3, 0.4) is 0 Å². The van der Waals surface area contributed by atoms with Crippen molar-refractivity contribution < 1.29 is 4.74 Å². The Bertz CT molecular complexity index is 544. The first kappa shape index (κ1) is 15.8. The van der Waals surface area contributed by atoms with Gasteiger partial charge >= 0.3 is 0 Å². The third kappa shape index (κ3) is 3.97. The molecule has 0 atom stereocenters. The number of nitrogens with zero attached hydrogens (tertiary/aromatic N) is 2. The monoisotopic (exact) mass is 289 g/mol. The van der Waals surface area contributed by atoms with Gasteiger partial charge in [0.1, 0.15) is 0 Å². The van der Waals surface area contributed by atoms with Crippen LogP contribution in [0, 0.1) is 13.8 Å². The first-order chi connectivity index (χ1) is 9.89. The molecule has 0 bridgehead atoms. The molecule has 0 amide bonds. The summed E-state index contributed by atoms with van der Waals surface area (Å²) in [6.07, 6.45) is 2.56. The van der Waals surface area contributed by atoms with Crippen LogP contribution in [0.5, 0.6) is 0 Å². The highest BCUT2D eigenvalue weighted by Crippen LogP contribution is 2.23. The highest BCUT2D eigenvalue weighted by molar-refractivity contribution is 5.33. The van der Waals surface area contributed by atoms with Crippen molar-refractivity contribution in [2.45, 2.75) is 52.9 Å². The number of H-pyrrole nitrogens is 1. The number of ether oxygens (including phenoxy) is 1. The molecule has 1 aliphatic rings. The first-order valence-corrected chi connectivity index (χ1v) is 7.68. The van der Waals surface area contributed by atoms with Gasteiger partial charge in [-0.1, -0.05) is 20.8 Å². The van der Waals surface area contributed by atoms with Crippen LogP contribution < -0.4 is 0 Å². The summed E-state index contributed by atoms with van der Waals surface area (Å²) >= 11 is 0. The van der Waals surface area contributed by atoms with Crippen molar-refractivity contribution in [3.8, 4) is 5.82 Å². The van der Waals surface area contributed by atoms with E-state index in [2.05, 4.69) is 67.6 Å². The van der Waals surface area contributed by atoms with Gasteiger partial charge in [0.15, 0.2) is 5.82 Å². The molecule has 4 heteroatoms. The van der Waals surface area contributed by atoms with E-state index in [0.29, 0.717) is 0 Å². The van der Waals surface area contributed by atoms with E-state index < -0.39 is 0 Å². The minimum Gasteiger partial charge on any atom is -0.381 e. The van der Waals surface area contributed by atoms with E-state index in [4.69, 9.17) is 4.74 Å². The molecule has 2 aromatic heterocycles. The Morgan fingerprint density at radius 3 is 2.05 bits per heavy atom. The highest BCUT2D eigenvalue weighted by Gasteiger charge is 2.17. The van der Waals surface area contributed by atoms with Crippen molar-refractivity contribution >= 4 is 0 Å². The molecular formula is C17H27N3O. The molecular weight excluding hydrogens is 262 g/mol. The first-order valence-electron chi connectivity index (χ1n) is 7.68. The lowest BCUT2D eigenvalue weighted by molar-refractivity contribution is 0.198. The minimum atomic E-state index is 0.111. The molecule has 1 fully saturated rings. The smallest absolute Gasteiger partial charge is 0.159 e. The molecule has 4 nitrogen and oxygen atoms in total. The number of nitrogens with one attached hydrogen (secondary N) is 1. The summed E-state index contributed by atoms with van der Waals surface area (Å²) in [5.41, 5.74) is 3.70. The molecule has 0 unspecified atom stereocenters. The lowest BCUT2D eigenvalue weighted by Crippen LogP contribution is -2.11. The lowest BCUT2D eigenvalue weighted by Gasteiger charge is -2.14. The lowest BCUT2D eigenvalue weighted by atomic mass is 9.92. The van der Waals surface area contributed by atoms with Gasteiger partial charge in [0.2, 0.25) is 0 Å². The zero-order chi connectivity index (χ0) is 15.5. The van der Waals surface area contributed by atoms with Crippen molar-refractivity contribution in [1.29, 1.82) is 0 Å². The fraction of sp³-hybridized carbons (Fsp3) is 0.588. The molecule has 2 aromatic rings. The van der Waals surface area contributed by atoms with Crippen LogP contribution in [0.25, 0.3) is 5.82 Å². The van der Waals surface area contributed by atoms with E-state index in [1.54, 1.807) is 0 Å². The Morgan fingerprint density at radius 1 is 1.10 bits per heavy atom. The summed E-state index contributed by atoms with van der Waals surface area (Å²) in [7, 11) is 0. The zero-order valence-corrected chi connectivity index (χ0v) is 13.9. The van der Waals surface area contributed by atoms with Crippen molar-refractivity contribution in [2.24, 2.45) is 0 Å². The zero-order valence-electron chi connectivity index (χ0n) is 13.9. The topological polar surface area (TPSA) is 42.8 Å². The van der Waals surface area contributed by atoms with E-state index in [1.807, 2.05) is 0 Å². The number of hydrogen-bond acceptors (Lipinski definition) is 2. The van der Waals surface area contributed by atoms with E-state index in [1.165, 1.54) is 24.2 Å². The van der Waals surface area contributed by atoms with Crippen molar-refractivity contribution in [3.05, 3.63) is 35.3 Å². The van der Waals surface area contributed by atoms with Gasteiger partial charge in [-0.2, -0.15) is 5.10 Å². The van der Waals surface area contributed by atoms with Gasteiger partial charge in [-0.15, -0.1) is 0 Å². The molecule has 0 radical (unpaired) electrons. The molecule has 0 aliphatic carbocycles. The van der Waals surface area contributed by atoms with Gasteiger partial charge in [0, 0.05) is 41.8 Å². The van der Waals surface area contributed by atoms with Crippen molar-refractivity contribution in [3.63, 3.8) is 0 Å². The molecule has 3 rings (SSSR count). The normalized spacial score (nSPS) is 14.9. The van der Waals surface area contributed by atoms with E-state index in [9.17, 15) is 0 Å². The molecule has 0 spiro atoms. The second kappa shape index (κ2) is 6.48. The molecule has 3 heterocycles. The van der Waals surface area contributed by atoms with Gasteiger partial charge in [0.25, 0.3) is 0 Å². The summed E-state index contributed by atoms with van der Waals surface area (Å²) in [5.74, 6) is 0.977. The number of rotatable bonds is 1. The van der Waals surface area contributed by atoms with Gasteiger partial charge < -0.3 is 9.30 Å². The van der Waals surface area contributed by atoms with Crippen LogP contribution in [0.2, 0.25) is 0 Å². The van der Waals surface area contributed by atoms with Gasteiger partial charge in [-0.3, -0.25) is 5.10 Å². The van der Waals surface area contributed by atoms with Crippen LogP contribution >= 0.6 is 0 Å².